The van der Waals surface area contributed by atoms with Crippen LogP contribution in [0.5, 0.6) is 0 Å². The van der Waals surface area contributed by atoms with Crippen molar-refractivity contribution < 1.29 is 13.6 Å². The van der Waals surface area contributed by atoms with Crippen LogP contribution in [0.1, 0.15) is 6.42 Å². The van der Waals surface area contributed by atoms with E-state index in [2.05, 4.69) is 20.5 Å². The summed E-state index contributed by atoms with van der Waals surface area (Å²) in [5.74, 6) is -1.16. The zero-order valence-electron chi connectivity index (χ0n) is 16.0. The highest BCUT2D eigenvalue weighted by atomic mass is 32.2. The van der Waals surface area contributed by atoms with Gasteiger partial charge in [-0.25, -0.2) is 13.8 Å². The van der Waals surface area contributed by atoms with E-state index in [0.29, 0.717) is 20.4 Å². The largest absolute Gasteiger partial charge is 0.302 e. The number of anilines is 1. The van der Waals surface area contributed by atoms with Crippen molar-refractivity contribution in [1.82, 2.24) is 15.2 Å². The maximum absolute atomic E-state index is 15.2. The fraction of sp³-hybridized carbons (Fsp3) is 0.250. The lowest BCUT2D eigenvalue weighted by Crippen LogP contribution is -2.14. The van der Waals surface area contributed by atoms with Crippen molar-refractivity contribution >= 4 is 67.0 Å². The molecule has 1 fully saturated rings. The predicted octanol–water partition coefficient (Wildman–Crippen LogP) is 5.72. The summed E-state index contributed by atoms with van der Waals surface area (Å²) < 4.78 is 29.2. The number of amides is 1. The molecule has 2 aromatic heterocycles. The van der Waals surface area contributed by atoms with Gasteiger partial charge in [-0.3, -0.25) is 9.89 Å². The average molecular weight is 463 g/mol. The van der Waals surface area contributed by atoms with Crippen molar-refractivity contribution in [2.75, 3.05) is 17.8 Å². The number of nitrogens with one attached hydrogen (secondary N) is 2. The second-order valence-corrected chi connectivity index (χ2v) is 9.63. The Labute approximate surface area is 183 Å². The minimum absolute atomic E-state index is 0.260. The first-order valence-corrected chi connectivity index (χ1v) is 12.4. The van der Waals surface area contributed by atoms with Gasteiger partial charge in [-0.05, 0) is 36.6 Å². The van der Waals surface area contributed by atoms with Crippen molar-refractivity contribution in [3.63, 3.8) is 0 Å². The minimum atomic E-state index is -1.05. The topological polar surface area (TPSA) is 70.7 Å². The highest BCUT2D eigenvalue weighted by Gasteiger charge is 2.43. The Morgan fingerprint density at radius 3 is 2.77 bits per heavy atom. The number of hydrogen-bond acceptors (Lipinski definition) is 6. The van der Waals surface area contributed by atoms with Gasteiger partial charge in [0.05, 0.1) is 37.6 Å². The number of thioether (sulfide) groups is 2. The van der Waals surface area contributed by atoms with Crippen molar-refractivity contribution in [3.05, 3.63) is 30.2 Å². The fourth-order valence-corrected chi connectivity index (χ4v) is 5.86. The molecule has 0 unspecified atom stereocenters. The zero-order chi connectivity index (χ0) is 21.0. The molecule has 154 valence electrons. The molecule has 0 radical (unpaired) electrons. The van der Waals surface area contributed by atoms with Crippen LogP contribution in [-0.4, -0.2) is 39.8 Å². The zero-order valence-corrected chi connectivity index (χ0v) is 18.4. The lowest BCUT2D eigenvalue weighted by Gasteiger charge is -2.14. The Kier molecular flexibility index (Phi) is 4.95. The van der Waals surface area contributed by atoms with Crippen LogP contribution >= 0.6 is 34.9 Å². The van der Waals surface area contributed by atoms with E-state index in [1.165, 1.54) is 34.9 Å². The van der Waals surface area contributed by atoms with E-state index in [1.807, 2.05) is 30.7 Å². The Morgan fingerprint density at radius 2 is 2.07 bits per heavy atom. The number of H-pyrrole nitrogens is 1. The number of fused-ring (bicyclic) bond motifs is 2. The fourth-order valence-electron chi connectivity index (χ4n) is 3.53. The second kappa shape index (κ2) is 7.51. The molecule has 0 saturated heterocycles. The molecule has 30 heavy (non-hydrogen) atoms. The van der Waals surface area contributed by atoms with Gasteiger partial charge in [0, 0.05) is 10.9 Å². The molecular weight excluding hydrogens is 446 g/mol. The molecule has 1 aliphatic rings. The van der Waals surface area contributed by atoms with Crippen LogP contribution in [0, 0.1) is 11.7 Å². The van der Waals surface area contributed by atoms with E-state index < -0.39 is 12.1 Å². The first-order chi connectivity index (χ1) is 14.5. The van der Waals surface area contributed by atoms with Gasteiger partial charge in [0.1, 0.15) is 6.17 Å². The number of aromatic nitrogens is 3. The summed E-state index contributed by atoms with van der Waals surface area (Å²) in [6, 6.07) is 5.69. The predicted molar refractivity (Wildman–Crippen MR) is 120 cm³/mol. The lowest BCUT2D eigenvalue weighted by molar-refractivity contribution is -0.117. The Balaban J connectivity index is 1.60. The number of thiazole rings is 1. The van der Waals surface area contributed by atoms with E-state index in [1.54, 1.807) is 6.20 Å². The summed E-state index contributed by atoms with van der Waals surface area (Å²) in [7, 11) is 0. The van der Waals surface area contributed by atoms with Gasteiger partial charge in [-0.1, -0.05) is 17.4 Å². The van der Waals surface area contributed by atoms with E-state index >= 15 is 4.39 Å². The number of nitrogens with zero attached hydrogens (tertiary/aromatic N) is 2. The number of benzene rings is 2. The maximum atomic E-state index is 15.2. The number of rotatable bonds is 5. The molecule has 2 aromatic carbocycles. The van der Waals surface area contributed by atoms with Gasteiger partial charge in [0.25, 0.3) is 0 Å². The van der Waals surface area contributed by atoms with Crippen LogP contribution in [0.3, 0.4) is 0 Å². The molecule has 5 nitrogen and oxygen atoms in total. The molecule has 10 heteroatoms. The SMILES string of the molecule is CSc1c(F)c(SC)c2[nH]ncc2c1-c1ccc2nc(NC(=O)[C@@H]3C[C@@H]3F)sc2c1. The Bertz CT molecular complexity index is 1300. The Morgan fingerprint density at radius 1 is 1.30 bits per heavy atom. The third-order valence-corrected chi connectivity index (χ3v) is 7.64. The highest BCUT2D eigenvalue weighted by Crippen LogP contribution is 2.44. The molecule has 5 rings (SSSR count). The third kappa shape index (κ3) is 3.17. The van der Waals surface area contributed by atoms with Crippen LogP contribution in [-0.2, 0) is 4.79 Å². The Hall–Kier alpha value is -2.17. The molecule has 2 atom stereocenters. The molecule has 1 amide bonds. The maximum Gasteiger partial charge on any atom is 0.232 e. The smallest absolute Gasteiger partial charge is 0.232 e. The number of hydrogen-bond donors (Lipinski definition) is 2. The quantitative estimate of drug-likeness (QED) is 0.371. The summed E-state index contributed by atoms with van der Waals surface area (Å²) in [6.07, 6.45) is 4.64. The molecular formula is C20H16F2N4OS3. The summed E-state index contributed by atoms with van der Waals surface area (Å²) in [6.45, 7) is 0. The minimum Gasteiger partial charge on any atom is -0.302 e. The normalized spacial score (nSPS) is 18.3. The molecule has 0 bridgehead atoms. The molecule has 0 spiro atoms. The molecule has 0 aliphatic heterocycles. The van der Waals surface area contributed by atoms with Crippen molar-refractivity contribution in [3.8, 4) is 11.1 Å². The van der Waals surface area contributed by atoms with Crippen LogP contribution < -0.4 is 5.32 Å². The number of carbonyl (C=O) groups is 1. The van der Waals surface area contributed by atoms with Crippen LogP contribution in [0.25, 0.3) is 32.2 Å². The number of carbonyl (C=O) groups excluding carboxylic acids is 1. The summed E-state index contributed by atoms with van der Waals surface area (Å²) >= 11 is 4.03. The monoisotopic (exact) mass is 462 g/mol. The average Bonchev–Trinajstić information content (AvgIpc) is 3.12. The molecule has 1 aliphatic carbocycles. The molecule has 1 saturated carbocycles. The van der Waals surface area contributed by atoms with Crippen LogP contribution in [0.2, 0.25) is 0 Å². The van der Waals surface area contributed by atoms with E-state index in [0.717, 1.165) is 26.7 Å². The highest BCUT2D eigenvalue weighted by molar-refractivity contribution is 7.99. The standard InChI is InChI=1S/C20H16F2N4OS3/c1-28-17-14(10-7-23-26-16(10)18(29-2)15(17)22)8-3-4-12-13(5-8)30-20(24-12)25-19(27)9-6-11(9)21/h3-5,7,9,11H,6H2,1-2H3,(H,23,26)(H,24,25,27)/t9-,11+/m1/s1. The van der Waals surface area contributed by atoms with E-state index in [9.17, 15) is 9.18 Å². The van der Waals surface area contributed by atoms with Gasteiger partial charge in [0.15, 0.2) is 10.9 Å². The summed E-state index contributed by atoms with van der Waals surface area (Å²) in [5.41, 5.74) is 3.02. The molecule has 2 N–H and O–H groups in total. The summed E-state index contributed by atoms with van der Waals surface area (Å²) in [5, 5.41) is 11.0. The number of aromatic amines is 1. The van der Waals surface area contributed by atoms with Gasteiger partial charge >= 0.3 is 0 Å². The second-order valence-electron chi connectivity index (χ2n) is 6.96. The number of alkyl halides is 1. The lowest BCUT2D eigenvalue weighted by atomic mass is 10.0. The van der Waals surface area contributed by atoms with Gasteiger partial charge < -0.3 is 5.32 Å². The first-order valence-electron chi connectivity index (χ1n) is 9.14. The van der Waals surface area contributed by atoms with Crippen LogP contribution in [0.4, 0.5) is 13.9 Å². The first kappa shape index (κ1) is 19.8. The van der Waals surface area contributed by atoms with Crippen molar-refractivity contribution in [2.24, 2.45) is 5.92 Å². The third-order valence-electron chi connectivity index (χ3n) is 5.13. The van der Waals surface area contributed by atoms with Gasteiger partial charge in [-0.2, -0.15) is 5.10 Å². The van der Waals surface area contributed by atoms with Crippen LogP contribution in [0.15, 0.2) is 34.2 Å². The van der Waals surface area contributed by atoms with Crippen molar-refractivity contribution in [2.45, 2.75) is 22.4 Å². The van der Waals surface area contributed by atoms with Crippen molar-refractivity contribution in [1.29, 1.82) is 0 Å². The molecule has 4 aromatic rings. The summed E-state index contributed by atoms with van der Waals surface area (Å²) in [4.78, 5) is 17.5. The van der Waals surface area contributed by atoms with Gasteiger partial charge in [-0.15, -0.1) is 23.5 Å². The van der Waals surface area contributed by atoms with E-state index in [4.69, 9.17) is 0 Å². The number of halogens is 2. The van der Waals surface area contributed by atoms with Gasteiger partial charge in [0.2, 0.25) is 5.91 Å². The van der Waals surface area contributed by atoms with E-state index in [-0.39, 0.29) is 18.1 Å². The molecule has 2 heterocycles.